The number of nitrogens with zero attached hydrogens (tertiary/aromatic N) is 1. The fourth-order valence-corrected chi connectivity index (χ4v) is 2.26. The lowest BCUT2D eigenvalue weighted by atomic mass is 10.2. The average molecular weight is 318 g/mol. The summed E-state index contributed by atoms with van der Waals surface area (Å²) in [4.78, 5) is 12.3. The minimum Gasteiger partial charge on any atom is -0.409 e. The second-order valence-electron chi connectivity index (χ2n) is 5.32. The molecule has 0 spiro atoms. The molecule has 0 saturated heterocycles. The van der Waals surface area contributed by atoms with E-state index in [0.717, 1.165) is 16.9 Å². The number of carbonyl (C=O) groups excluding carboxylic acids is 1. The van der Waals surface area contributed by atoms with Gasteiger partial charge in [-0.1, -0.05) is 54.1 Å². The van der Waals surface area contributed by atoms with E-state index in [1.807, 2.05) is 79.7 Å². The molecule has 0 aliphatic carbocycles. The van der Waals surface area contributed by atoms with Gasteiger partial charge in [0.15, 0.2) is 0 Å². The van der Waals surface area contributed by atoms with Crippen molar-refractivity contribution >= 4 is 17.5 Å². The molecule has 24 heavy (non-hydrogen) atoms. The van der Waals surface area contributed by atoms with Crippen molar-refractivity contribution in [3.8, 4) is 5.75 Å². The van der Waals surface area contributed by atoms with Gasteiger partial charge in [-0.15, -0.1) is 0 Å². The van der Waals surface area contributed by atoms with E-state index in [4.69, 9.17) is 4.74 Å². The van der Waals surface area contributed by atoms with E-state index in [9.17, 15) is 4.79 Å². The molecule has 3 aromatic carbocycles. The van der Waals surface area contributed by atoms with E-state index < -0.39 is 6.09 Å². The molecule has 0 aromatic heterocycles. The molecule has 4 nitrogen and oxygen atoms in total. The van der Waals surface area contributed by atoms with Crippen LogP contribution < -0.4 is 15.2 Å². The SMILES string of the molecule is Cc1ccc(N(NC(=O)Oc2ccccc2)c2ccccc2)cc1. The van der Waals surface area contributed by atoms with E-state index >= 15 is 0 Å². The molecule has 0 bridgehead atoms. The van der Waals surface area contributed by atoms with Gasteiger partial charge in [-0.2, -0.15) is 0 Å². The Morgan fingerprint density at radius 3 is 1.96 bits per heavy atom. The van der Waals surface area contributed by atoms with E-state index in [0.29, 0.717) is 5.75 Å². The quantitative estimate of drug-likeness (QED) is 0.700. The standard InChI is InChI=1S/C20H18N2O2/c1-16-12-14-18(15-13-16)22(17-8-4-2-5-9-17)21-20(23)24-19-10-6-3-7-11-19/h2-15H,1H3,(H,21,23). The average Bonchev–Trinajstić information content (AvgIpc) is 2.62. The van der Waals surface area contributed by atoms with Crippen molar-refractivity contribution in [1.82, 2.24) is 5.43 Å². The highest BCUT2D eigenvalue weighted by Crippen LogP contribution is 2.23. The molecular weight excluding hydrogens is 300 g/mol. The Morgan fingerprint density at radius 2 is 1.33 bits per heavy atom. The highest BCUT2D eigenvalue weighted by atomic mass is 16.6. The number of anilines is 2. The maximum Gasteiger partial charge on any atom is 0.431 e. The van der Waals surface area contributed by atoms with Crippen LogP contribution in [0, 0.1) is 6.92 Å². The van der Waals surface area contributed by atoms with Crippen LogP contribution in [0.25, 0.3) is 0 Å². The molecular formula is C20H18N2O2. The number of nitrogens with one attached hydrogen (secondary N) is 1. The lowest BCUT2D eigenvalue weighted by molar-refractivity contribution is 0.200. The number of benzene rings is 3. The van der Waals surface area contributed by atoms with Crippen LogP contribution in [0.3, 0.4) is 0 Å². The fourth-order valence-electron chi connectivity index (χ4n) is 2.26. The largest absolute Gasteiger partial charge is 0.431 e. The molecule has 1 amide bonds. The number of hydrogen-bond donors (Lipinski definition) is 1. The van der Waals surface area contributed by atoms with Crippen LogP contribution in [-0.4, -0.2) is 6.09 Å². The van der Waals surface area contributed by atoms with E-state index in [2.05, 4.69) is 5.43 Å². The van der Waals surface area contributed by atoms with Crippen molar-refractivity contribution in [2.75, 3.05) is 5.01 Å². The monoisotopic (exact) mass is 318 g/mol. The minimum absolute atomic E-state index is 0.493. The number of hydrazine groups is 1. The van der Waals surface area contributed by atoms with Crippen LogP contribution in [-0.2, 0) is 0 Å². The Kier molecular flexibility index (Phi) is 4.77. The van der Waals surface area contributed by atoms with Crippen LogP contribution in [0.2, 0.25) is 0 Å². The van der Waals surface area contributed by atoms with Gasteiger partial charge in [0.2, 0.25) is 0 Å². The van der Waals surface area contributed by atoms with E-state index in [1.54, 1.807) is 17.1 Å². The number of carbonyl (C=O) groups is 1. The number of para-hydroxylation sites is 2. The van der Waals surface area contributed by atoms with Crippen molar-refractivity contribution in [3.05, 3.63) is 90.5 Å². The third-order valence-corrected chi connectivity index (χ3v) is 3.46. The van der Waals surface area contributed by atoms with Crippen molar-refractivity contribution in [1.29, 1.82) is 0 Å². The van der Waals surface area contributed by atoms with E-state index in [1.165, 1.54) is 0 Å². The summed E-state index contributed by atoms with van der Waals surface area (Å²) in [6.07, 6.45) is -0.550. The lowest BCUT2D eigenvalue weighted by Crippen LogP contribution is -2.40. The van der Waals surface area contributed by atoms with E-state index in [-0.39, 0.29) is 0 Å². The summed E-state index contributed by atoms with van der Waals surface area (Å²) >= 11 is 0. The summed E-state index contributed by atoms with van der Waals surface area (Å²) in [7, 11) is 0. The molecule has 0 aliphatic heterocycles. The third kappa shape index (κ3) is 3.93. The smallest absolute Gasteiger partial charge is 0.409 e. The van der Waals surface area contributed by atoms with Gasteiger partial charge >= 0.3 is 6.09 Å². The molecule has 3 aromatic rings. The predicted octanol–water partition coefficient (Wildman–Crippen LogP) is 4.84. The zero-order chi connectivity index (χ0) is 16.8. The molecule has 0 atom stereocenters. The molecule has 0 radical (unpaired) electrons. The summed E-state index contributed by atoms with van der Waals surface area (Å²) in [6, 6.07) is 26.5. The zero-order valence-corrected chi connectivity index (χ0v) is 13.3. The summed E-state index contributed by atoms with van der Waals surface area (Å²) in [6.45, 7) is 2.02. The minimum atomic E-state index is -0.550. The first kappa shape index (κ1) is 15.6. The van der Waals surface area contributed by atoms with Crippen molar-refractivity contribution in [2.24, 2.45) is 0 Å². The number of rotatable bonds is 4. The fraction of sp³-hybridized carbons (Fsp3) is 0.0500. The van der Waals surface area contributed by atoms with Gasteiger partial charge in [0, 0.05) is 0 Å². The van der Waals surface area contributed by atoms with Gasteiger partial charge in [0.05, 0.1) is 11.4 Å². The summed E-state index contributed by atoms with van der Waals surface area (Å²) in [5, 5.41) is 1.70. The molecule has 3 rings (SSSR count). The van der Waals surface area contributed by atoms with Crippen molar-refractivity contribution in [3.63, 3.8) is 0 Å². The van der Waals surface area contributed by atoms with Crippen molar-refractivity contribution in [2.45, 2.75) is 6.92 Å². The zero-order valence-electron chi connectivity index (χ0n) is 13.3. The molecule has 120 valence electrons. The molecule has 0 unspecified atom stereocenters. The van der Waals surface area contributed by atoms with Crippen molar-refractivity contribution < 1.29 is 9.53 Å². The van der Waals surface area contributed by atoms with Gasteiger partial charge in [-0.05, 0) is 43.3 Å². The normalized spacial score (nSPS) is 10.0. The topological polar surface area (TPSA) is 41.6 Å². The van der Waals surface area contributed by atoms with Gasteiger partial charge in [-0.25, -0.2) is 10.2 Å². The molecule has 0 heterocycles. The van der Waals surface area contributed by atoms with Gasteiger partial charge in [0.1, 0.15) is 5.75 Å². The van der Waals surface area contributed by atoms with Crippen LogP contribution >= 0.6 is 0 Å². The summed E-state index contributed by atoms with van der Waals surface area (Å²) in [5.41, 5.74) is 5.62. The van der Waals surface area contributed by atoms with Crippen LogP contribution in [0.4, 0.5) is 16.2 Å². The van der Waals surface area contributed by atoms with Gasteiger partial charge in [0.25, 0.3) is 0 Å². The first-order valence-electron chi connectivity index (χ1n) is 7.68. The predicted molar refractivity (Wildman–Crippen MR) is 95.4 cm³/mol. The number of amides is 1. The molecule has 0 saturated carbocycles. The Hall–Kier alpha value is -3.27. The first-order chi connectivity index (χ1) is 11.7. The first-order valence-corrected chi connectivity index (χ1v) is 7.68. The highest BCUT2D eigenvalue weighted by molar-refractivity contribution is 5.76. The van der Waals surface area contributed by atoms with Crippen LogP contribution in [0.1, 0.15) is 5.56 Å². The Bertz CT molecular complexity index is 787. The van der Waals surface area contributed by atoms with Crippen LogP contribution in [0.5, 0.6) is 5.75 Å². The Balaban J connectivity index is 1.82. The molecule has 0 aliphatic rings. The second-order valence-corrected chi connectivity index (χ2v) is 5.32. The second kappa shape index (κ2) is 7.33. The maximum atomic E-state index is 12.3. The Morgan fingerprint density at radius 1 is 0.792 bits per heavy atom. The van der Waals surface area contributed by atoms with Gasteiger partial charge < -0.3 is 4.74 Å². The molecule has 4 heteroatoms. The highest BCUT2D eigenvalue weighted by Gasteiger charge is 2.14. The summed E-state index contributed by atoms with van der Waals surface area (Å²) in [5.74, 6) is 0.493. The maximum absolute atomic E-state index is 12.3. The molecule has 0 fully saturated rings. The number of hydrogen-bond acceptors (Lipinski definition) is 3. The lowest BCUT2D eigenvalue weighted by Gasteiger charge is -2.25. The summed E-state index contributed by atoms with van der Waals surface area (Å²) < 4.78 is 5.32. The Labute approximate surface area is 141 Å². The number of aryl methyl sites for hydroxylation is 1. The third-order valence-electron chi connectivity index (χ3n) is 3.46. The molecule has 1 N–H and O–H groups in total. The van der Waals surface area contributed by atoms with Gasteiger partial charge in [-0.3, -0.25) is 5.01 Å². The number of ether oxygens (including phenoxy) is 1. The van der Waals surface area contributed by atoms with Crippen LogP contribution in [0.15, 0.2) is 84.9 Å².